The lowest BCUT2D eigenvalue weighted by molar-refractivity contribution is 0.0470. The minimum Gasteiger partial charge on any atom is -0.453 e. The van der Waals surface area contributed by atoms with Gasteiger partial charge in [-0.2, -0.15) is 11.3 Å². The molecule has 4 rings (SSSR count). The molecule has 0 aliphatic carbocycles. The monoisotopic (exact) mass is 448 g/mol. The van der Waals surface area contributed by atoms with Crippen LogP contribution in [0.15, 0.2) is 76.8 Å². The molecule has 0 radical (unpaired) electrons. The van der Waals surface area contributed by atoms with Gasteiger partial charge in [-0.05, 0) is 47.8 Å². The Labute approximate surface area is 186 Å². The lowest BCUT2D eigenvalue weighted by atomic mass is 10.1. The minimum atomic E-state index is -0.641. The first-order valence-electron chi connectivity index (χ1n) is 9.25. The fraction of sp³-hybridized carbons (Fsp3) is 0.0435. The Hall–Kier alpha value is -3.62. The number of amides is 1. The van der Waals surface area contributed by atoms with Gasteiger partial charge in [0.25, 0.3) is 5.91 Å². The van der Waals surface area contributed by atoms with Crippen molar-refractivity contribution in [1.29, 1.82) is 0 Å². The van der Waals surface area contributed by atoms with Crippen molar-refractivity contribution in [3.8, 4) is 10.6 Å². The van der Waals surface area contributed by atoms with Crippen molar-refractivity contribution < 1.29 is 19.1 Å². The van der Waals surface area contributed by atoms with Crippen LogP contribution in [0.2, 0.25) is 0 Å². The van der Waals surface area contributed by atoms with Crippen LogP contribution in [0.25, 0.3) is 10.6 Å². The lowest BCUT2D eigenvalue weighted by Crippen LogP contribution is -2.15. The third-order valence-corrected chi connectivity index (χ3v) is 5.89. The standard InChI is InChI=1S/C23H16N2O4S2/c26-20(12-29-23(28)19-14-31-22(25-19)17-10-11-30-13-17)15-6-8-18(9-7-15)24-21(27)16-4-2-1-3-5-16/h1-11,13-14H,12H2,(H,24,27). The van der Waals surface area contributed by atoms with Crippen molar-refractivity contribution in [3.63, 3.8) is 0 Å². The quantitative estimate of drug-likeness (QED) is 0.312. The van der Waals surface area contributed by atoms with Crippen molar-refractivity contribution in [2.45, 2.75) is 0 Å². The van der Waals surface area contributed by atoms with E-state index in [1.807, 2.05) is 22.9 Å². The number of nitrogens with one attached hydrogen (secondary N) is 1. The molecule has 0 unspecified atom stereocenters. The molecule has 0 aliphatic heterocycles. The highest BCUT2D eigenvalue weighted by atomic mass is 32.1. The third kappa shape index (κ3) is 5.11. The number of carbonyl (C=O) groups is 3. The fourth-order valence-corrected chi connectivity index (χ4v) is 4.21. The highest BCUT2D eigenvalue weighted by molar-refractivity contribution is 7.14. The van der Waals surface area contributed by atoms with E-state index in [-0.39, 0.29) is 24.0 Å². The Bertz CT molecular complexity index is 1200. The average molecular weight is 449 g/mol. The van der Waals surface area contributed by atoms with Crippen LogP contribution in [0.3, 0.4) is 0 Å². The summed E-state index contributed by atoms with van der Waals surface area (Å²) in [6.07, 6.45) is 0. The number of hydrogen-bond donors (Lipinski definition) is 1. The zero-order chi connectivity index (χ0) is 21.6. The van der Waals surface area contributed by atoms with Gasteiger partial charge in [0, 0.05) is 33.1 Å². The van der Waals surface area contributed by atoms with Crippen LogP contribution in [-0.4, -0.2) is 29.3 Å². The summed E-state index contributed by atoms with van der Waals surface area (Å²) < 4.78 is 5.12. The highest BCUT2D eigenvalue weighted by Crippen LogP contribution is 2.26. The first-order valence-corrected chi connectivity index (χ1v) is 11.1. The second-order valence-electron chi connectivity index (χ2n) is 6.45. The molecular formula is C23H16N2O4S2. The van der Waals surface area contributed by atoms with Gasteiger partial charge in [0.05, 0.1) is 0 Å². The van der Waals surface area contributed by atoms with Crippen molar-refractivity contribution >= 4 is 46.0 Å². The van der Waals surface area contributed by atoms with Crippen LogP contribution in [0.1, 0.15) is 31.2 Å². The molecule has 4 aromatic rings. The number of anilines is 1. The van der Waals surface area contributed by atoms with Gasteiger partial charge in [0.15, 0.2) is 18.1 Å². The number of carbonyl (C=O) groups excluding carboxylic acids is 3. The van der Waals surface area contributed by atoms with E-state index in [9.17, 15) is 14.4 Å². The molecule has 0 atom stereocenters. The van der Waals surface area contributed by atoms with E-state index in [4.69, 9.17) is 4.74 Å². The SMILES string of the molecule is O=C(COC(=O)c1csc(-c2ccsc2)n1)c1ccc(NC(=O)c2ccccc2)cc1. The second kappa shape index (κ2) is 9.46. The number of benzene rings is 2. The summed E-state index contributed by atoms with van der Waals surface area (Å²) in [5.74, 6) is -1.22. The molecule has 154 valence electrons. The van der Waals surface area contributed by atoms with Crippen LogP contribution >= 0.6 is 22.7 Å². The maximum atomic E-state index is 12.3. The number of hydrogen-bond acceptors (Lipinski definition) is 7. The maximum absolute atomic E-state index is 12.3. The molecule has 31 heavy (non-hydrogen) atoms. The number of esters is 1. The molecule has 0 aliphatic rings. The summed E-state index contributed by atoms with van der Waals surface area (Å²) in [6, 6.07) is 17.2. The van der Waals surface area contributed by atoms with Crippen molar-refractivity contribution in [1.82, 2.24) is 4.98 Å². The number of thiazole rings is 1. The van der Waals surface area contributed by atoms with E-state index >= 15 is 0 Å². The van der Waals surface area contributed by atoms with Crippen LogP contribution in [-0.2, 0) is 4.74 Å². The molecule has 0 saturated carbocycles. The Balaban J connectivity index is 1.31. The van der Waals surface area contributed by atoms with Crippen LogP contribution in [0, 0.1) is 0 Å². The molecule has 0 saturated heterocycles. The Kier molecular flexibility index (Phi) is 6.30. The highest BCUT2D eigenvalue weighted by Gasteiger charge is 2.16. The summed E-state index contributed by atoms with van der Waals surface area (Å²) in [7, 11) is 0. The first kappa shape index (κ1) is 20.6. The molecule has 8 heteroatoms. The Morgan fingerprint density at radius 3 is 2.39 bits per heavy atom. The largest absolute Gasteiger partial charge is 0.453 e. The van der Waals surface area contributed by atoms with Gasteiger partial charge >= 0.3 is 5.97 Å². The average Bonchev–Trinajstić information content (AvgIpc) is 3.50. The molecule has 2 aromatic heterocycles. The van der Waals surface area contributed by atoms with E-state index in [1.165, 1.54) is 11.3 Å². The van der Waals surface area contributed by atoms with Gasteiger partial charge in [0.2, 0.25) is 0 Å². The predicted molar refractivity (Wildman–Crippen MR) is 121 cm³/mol. The Morgan fingerprint density at radius 2 is 1.68 bits per heavy atom. The Morgan fingerprint density at radius 1 is 0.903 bits per heavy atom. The zero-order valence-electron chi connectivity index (χ0n) is 16.1. The summed E-state index contributed by atoms with van der Waals surface area (Å²) in [6.45, 7) is -0.389. The van der Waals surface area contributed by atoms with E-state index in [0.29, 0.717) is 16.8 Å². The van der Waals surface area contributed by atoms with Crippen LogP contribution < -0.4 is 5.32 Å². The molecule has 0 bridgehead atoms. The predicted octanol–water partition coefficient (Wildman–Crippen LogP) is 5.16. The lowest BCUT2D eigenvalue weighted by Gasteiger charge is -2.07. The zero-order valence-corrected chi connectivity index (χ0v) is 17.7. The normalized spacial score (nSPS) is 10.5. The van der Waals surface area contributed by atoms with Gasteiger partial charge in [0.1, 0.15) is 5.01 Å². The topological polar surface area (TPSA) is 85.4 Å². The van der Waals surface area contributed by atoms with Crippen molar-refractivity contribution in [3.05, 3.63) is 93.6 Å². The molecule has 2 aromatic carbocycles. The van der Waals surface area contributed by atoms with E-state index < -0.39 is 5.97 Å². The van der Waals surface area contributed by atoms with Crippen molar-refractivity contribution in [2.75, 3.05) is 11.9 Å². The number of thiophene rings is 1. The van der Waals surface area contributed by atoms with Gasteiger partial charge in [-0.3, -0.25) is 9.59 Å². The second-order valence-corrected chi connectivity index (χ2v) is 8.08. The minimum absolute atomic E-state index is 0.179. The van der Waals surface area contributed by atoms with E-state index in [0.717, 1.165) is 10.6 Å². The number of aromatic nitrogens is 1. The number of Topliss-reactive ketones (excluding diaryl/α,β-unsaturated/α-hetero) is 1. The van der Waals surface area contributed by atoms with Gasteiger partial charge in [-0.15, -0.1) is 11.3 Å². The summed E-state index contributed by atoms with van der Waals surface area (Å²) in [5, 5.41) is 9.00. The summed E-state index contributed by atoms with van der Waals surface area (Å²) in [5.41, 5.74) is 2.61. The number of rotatable bonds is 7. The van der Waals surface area contributed by atoms with E-state index in [2.05, 4.69) is 10.3 Å². The molecule has 6 nitrogen and oxygen atoms in total. The number of nitrogens with zero attached hydrogens (tertiary/aromatic N) is 1. The van der Waals surface area contributed by atoms with E-state index in [1.54, 1.807) is 65.2 Å². The van der Waals surface area contributed by atoms with Crippen LogP contribution in [0.5, 0.6) is 0 Å². The number of ketones is 1. The molecular weight excluding hydrogens is 432 g/mol. The molecule has 0 spiro atoms. The van der Waals surface area contributed by atoms with Gasteiger partial charge < -0.3 is 10.1 Å². The molecule has 1 N–H and O–H groups in total. The van der Waals surface area contributed by atoms with Crippen molar-refractivity contribution in [2.24, 2.45) is 0 Å². The maximum Gasteiger partial charge on any atom is 0.358 e. The third-order valence-electron chi connectivity index (χ3n) is 4.32. The fourth-order valence-electron chi connectivity index (χ4n) is 2.71. The molecule has 2 heterocycles. The molecule has 1 amide bonds. The number of ether oxygens (including phenoxy) is 1. The molecule has 0 fully saturated rings. The smallest absolute Gasteiger partial charge is 0.358 e. The summed E-state index contributed by atoms with van der Waals surface area (Å²) >= 11 is 2.90. The van der Waals surface area contributed by atoms with Gasteiger partial charge in [-0.1, -0.05) is 18.2 Å². The first-order chi connectivity index (χ1) is 15.1. The van der Waals surface area contributed by atoms with Crippen LogP contribution in [0.4, 0.5) is 5.69 Å². The van der Waals surface area contributed by atoms with Gasteiger partial charge in [-0.25, -0.2) is 9.78 Å². The summed E-state index contributed by atoms with van der Waals surface area (Å²) in [4.78, 5) is 41.0.